The second-order valence-corrected chi connectivity index (χ2v) is 7.60. The predicted molar refractivity (Wildman–Crippen MR) is 113 cm³/mol. The molecule has 1 N–H and O–H groups in total. The normalized spacial score (nSPS) is 11.4. The summed E-state index contributed by atoms with van der Waals surface area (Å²) in [6, 6.07) is 10.8. The first-order valence-electron chi connectivity index (χ1n) is 8.75. The Labute approximate surface area is 175 Å². The lowest BCUT2D eigenvalue weighted by Gasteiger charge is -2.05. The summed E-state index contributed by atoms with van der Waals surface area (Å²) in [6.07, 6.45) is 0.845. The van der Waals surface area contributed by atoms with Gasteiger partial charge in [-0.2, -0.15) is 0 Å². The topological polar surface area (TPSA) is 76.2 Å². The van der Waals surface area contributed by atoms with Crippen molar-refractivity contribution in [3.05, 3.63) is 51.5 Å². The molecular weight excluding hydrogens is 446 g/mol. The van der Waals surface area contributed by atoms with Gasteiger partial charge in [-0.15, -0.1) is 10.2 Å². The highest BCUT2D eigenvalue weighted by Gasteiger charge is 2.17. The summed E-state index contributed by atoms with van der Waals surface area (Å²) >= 11 is 9.40. The Morgan fingerprint density at radius 2 is 2.07 bits per heavy atom. The molecule has 0 saturated carbocycles. The predicted octanol–water partition coefficient (Wildman–Crippen LogP) is 6.17. The molecule has 0 bridgehead atoms. The van der Waals surface area contributed by atoms with Gasteiger partial charge in [-0.1, -0.05) is 34.5 Å². The van der Waals surface area contributed by atoms with E-state index in [9.17, 15) is 9.90 Å². The molecule has 1 heterocycles. The number of hydrogen-bond donors (Lipinski definition) is 1. The van der Waals surface area contributed by atoms with Crippen molar-refractivity contribution in [2.45, 2.75) is 26.8 Å². The molecule has 0 fully saturated rings. The molecule has 28 heavy (non-hydrogen) atoms. The van der Waals surface area contributed by atoms with Crippen LogP contribution in [0.1, 0.15) is 18.9 Å². The highest BCUT2D eigenvalue weighted by Crippen LogP contribution is 2.40. The Bertz CT molecular complexity index is 1060. The number of azo groups is 1. The number of aromatic nitrogens is 1. The number of hydrogen-bond acceptors (Lipinski definition) is 4. The van der Waals surface area contributed by atoms with Crippen LogP contribution in [0.3, 0.4) is 0 Å². The maximum absolute atomic E-state index is 12.1. The second kappa shape index (κ2) is 8.75. The Morgan fingerprint density at radius 3 is 2.79 bits per heavy atom. The zero-order valence-corrected chi connectivity index (χ0v) is 17.8. The fraction of sp³-hybridized carbons (Fsp3) is 0.250. The zero-order valence-electron chi connectivity index (χ0n) is 15.4. The largest absolute Gasteiger partial charge is 0.493 e. The lowest BCUT2D eigenvalue weighted by atomic mass is 10.2. The van der Waals surface area contributed by atoms with Crippen LogP contribution in [0.4, 0.5) is 5.69 Å². The molecule has 146 valence electrons. The van der Waals surface area contributed by atoms with Gasteiger partial charge in [-0.3, -0.25) is 4.79 Å². The van der Waals surface area contributed by atoms with Crippen molar-refractivity contribution in [1.29, 1.82) is 0 Å². The number of aryl methyl sites for hydroxylation is 2. The molecule has 0 aliphatic carbocycles. The third-order valence-electron chi connectivity index (χ3n) is 4.17. The van der Waals surface area contributed by atoms with Crippen molar-refractivity contribution in [1.82, 2.24) is 4.57 Å². The van der Waals surface area contributed by atoms with Crippen LogP contribution in [-0.2, 0) is 11.3 Å². The molecule has 0 radical (unpaired) electrons. The van der Waals surface area contributed by atoms with Crippen LogP contribution < -0.4 is 4.74 Å². The standard InChI is InChI=1S/C20H19BrClN3O3/c1-3-8-25-17-7-4-13(21)10-15(17)19(20(25)27)24-23-18(26)11-28-14-5-6-16(22)12(2)9-14/h4-7,9-10,27H,3,8,11H2,1-2H3. The van der Waals surface area contributed by atoms with E-state index in [1.165, 1.54) is 0 Å². The molecule has 0 aliphatic heterocycles. The molecule has 3 aromatic rings. The summed E-state index contributed by atoms with van der Waals surface area (Å²) < 4.78 is 8.04. The Morgan fingerprint density at radius 1 is 1.29 bits per heavy atom. The van der Waals surface area contributed by atoms with Crippen molar-refractivity contribution in [3.63, 3.8) is 0 Å². The number of benzene rings is 2. The summed E-state index contributed by atoms with van der Waals surface area (Å²) in [5.41, 5.74) is 1.95. The van der Waals surface area contributed by atoms with Crippen molar-refractivity contribution in [2.24, 2.45) is 10.2 Å². The van der Waals surface area contributed by atoms with Gasteiger partial charge >= 0.3 is 5.91 Å². The maximum Gasteiger partial charge on any atom is 0.302 e. The van der Waals surface area contributed by atoms with Crippen molar-refractivity contribution >= 4 is 50.0 Å². The van der Waals surface area contributed by atoms with Crippen LogP contribution in [0, 0.1) is 6.92 Å². The number of halogens is 2. The number of nitrogens with zero attached hydrogens (tertiary/aromatic N) is 3. The average molecular weight is 465 g/mol. The fourth-order valence-corrected chi connectivity index (χ4v) is 3.31. The molecular formula is C20H19BrClN3O3. The van der Waals surface area contributed by atoms with Gasteiger partial charge in [-0.05, 0) is 55.3 Å². The number of carbonyl (C=O) groups excluding carboxylic acids is 1. The third-order valence-corrected chi connectivity index (χ3v) is 5.09. The Hall–Kier alpha value is -2.38. The van der Waals surface area contributed by atoms with Crippen LogP contribution in [0.25, 0.3) is 10.9 Å². The van der Waals surface area contributed by atoms with Crippen molar-refractivity contribution in [2.75, 3.05) is 6.61 Å². The summed E-state index contributed by atoms with van der Waals surface area (Å²) in [5.74, 6) is -0.0455. The van der Waals surface area contributed by atoms with E-state index in [1.54, 1.807) is 22.8 Å². The van der Waals surface area contributed by atoms with Crippen molar-refractivity contribution in [3.8, 4) is 11.6 Å². The molecule has 0 saturated heterocycles. The number of carbonyl (C=O) groups is 1. The summed E-state index contributed by atoms with van der Waals surface area (Å²) in [7, 11) is 0. The molecule has 2 aromatic carbocycles. The fourth-order valence-electron chi connectivity index (χ4n) is 2.83. The minimum Gasteiger partial charge on any atom is -0.493 e. The number of ether oxygens (including phenoxy) is 1. The van der Waals surface area contributed by atoms with E-state index >= 15 is 0 Å². The third kappa shape index (κ3) is 4.36. The van der Waals surface area contributed by atoms with E-state index in [1.807, 2.05) is 32.0 Å². The van der Waals surface area contributed by atoms with Gasteiger partial charge in [0, 0.05) is 21.4 Å². The van der Waals surface area contributed by atoms with Gasteiger partial charge in [0.25, 0.3) is 0 Å². The summed E-state index contributed by atoms with van der Waals surface area (Å²) in [5, 5.41) is 19.6. The average Bonchev–Trinajstić information content (AvgIpc) is 2.92. The zero-order chi connectivity index (χ0) is 20.3. The summed E-state index contributed by atoms with van der Waals surface area (Å²) in [4.78, 5) is 12.1. The number of rotatable bonds is 6. The first kappa shape index (κ1) is 20.4. The van der Waals surface area contributed by atoms with Crippen LogP contribution in [-0.4, -0.2) is 22.2 Å². The molecule has 0 atom stereocenters. The van der Waals surface area contributed by atoms with Crippen LogP contribution in [0.15, 0.2) is 51.1 Å². The minimum atomic E-state index is -0.557. The lowest BCUT2D eigenvalue weighted by Crippen LogP contribution is -2.07. The van der Waals surface area contributed by atoms with Gasteiger partial charge in [0.2, 0.25) is 5.88 Å². The van der Waals surface area contributed by atoms with Gasteiger partial charge in [-0.25, -0.2) is 0 Å². The van der Waals surface area contributed by atoms with E-state index in [2.05, 4.69) is 26.2 Å². The van der Waals surface area contributed by atoms with Gasteiger partial charge in [0.1, 0.15) is 5.75 Å². The highest BCUT2D eigenvalue weighted by atomic mass is 79.9. The van der Waals surface area contributed by atoms with Crippen molar-refractivity contribution < 1.29 is 14.6 Å². The molecule has 0 spiro atoms. The second-order valence-electron chi connectivity index (χ2n) is 6.28. The first-order chi connectivity index (χ1) is 13.4. The quantitative estimate of drug-likeness (QED) is 0.443. The van der Waals surface area contributed by atoms with Crippen LogP contribution in [0.5, 0.6) is 11.6 Å². The van der Waals surface area contributed by atoms with Crippen LogP contribution in [0.2, 0.25) is 5.02 Å². The number of amides is 1. The molecule has 0 aliphatic rings. The smallest absolute Gasteiger partial charge is 0.302 e. The lowest BCUT2D eigenvalue weighted by molar-refractivity contribution is -0.120. The van der Waals surface area contributed by atoms with Gasteiger partial charge < -0.3 is 14.4 Å². The van der Waals surface area contributed by atoms with Gasteiger partial charge in [0.15, 0.2) is 12.3 Å². The van der Waals surface area contributed by atoms with E-state index < -0.39 is 5.91 Å². The highest BCUT2D eigenvalue weighted by molar-refractivity contribution is 9.10. The number of fused-ring (bicyclic) bond motifs is 1. The van der Waals surface area contributed by atoms with E-state index in [0.29, 0.717) is 22.7 Å². The minimum absolute atomic E-state index is 0.0132. The molecule has 8 heteroatoms. The monoisotopic (exact) mass is 463 g/mol. The van der Waals surface area contributed by atoms with E-state index in [4.69, 9.17) is 16.3 Å². The Balaban J connectivity index is 1.80. The molecule has 6 nitrogen and oxygen atoms in total. The van der Waals surface area contributed by atoms with E-state index in [0.717, 1.165) is 22.0 Å². The number of aromatic hydroxyl groups is 1. The molecule has 3 rings (SSSR count). The molecule has 1 amide bonds. The van der Waals surface area contributed by atoms with Gasteiger partial charge in [0.05, 0.1) is 5.52 Å². The van der Waals surface area contributed by atoms with Crippen LogP contribution >= 0.6 is 27.5 Å². The first-order valence-corrected chi connectivity index (χ1v) is 9.92. The Kier molecular flexibility index (Phi) is 6.36. The van der Waals surface area contributed by atoms with E-state index in [-0.39, 0.29) is 18.2 Å². The molecule has 0 unspecified atom stereocenters. The summed E-state index contributed by atoms with van der Waals surface area (Å²) in [6.45, 7) is 4.24. The maximum atomic E-state index is 12.1. The SMILES string of the molecule is CCCn1c(O)c(N=NC(=O)COc2ccc(Cl)c(C)c2)c2cc(Br)ccc21. The molecule has 1 aromatic heterocycles.